The molecule has 0 N–H and O–H groups in total. The highest BCUT2D eigenvalue weighted by Crippen LogP contribution is 2.56. The van der Waals surface area contributed by atoms with E-state index < -0.39 is 11.6 Å². The van der Waals surface area contributed by atoms with Gasteiger partial charge in [0, 0.05) is 26.0 Å². The van der Waals surface area contributed by atoms with Gasteiger partial charge >= 0.3 is 5.69 Å². The molecule has 2 aromatic rings. The summed E-state index contributed by atoms with van der Waals surface area (Å²) in [5.41, 5.74) is -0.0775. The molecule has 2 fully saturated rings. The SMILES string of the molecule is COC12CCC(n3nc4n(c3=O)[C@H](c3cc(F)cc(F)c3)CC4)(CC1)C2. The fraction of sp³-hybridized carbons (Fsp3) is 0.579. The van der Waals surface area contributed by atoms with E-state index >= 15 is 0 Å². The van der Waals surface area contributed by atoms with E-state index in [0.717, 1.165) is 38.2 Å². The lowest BCUT2D eigenvalue weighted by molar-refractivity contribution is -0.000357. The van der Waals surface area contributed by atoms with Crippen molar-refractivity contribution in [2.75, 3.05) is 7.11 Å². The van der Waals surface area contributed by atoms with Gasteiger partial charge in [-0.25, -0.2) is 18.3 Å². The highest BCUT2D eigenvalue weighted by Gasteiger charge is 2.57. The number of methoxy groups -OCH3 is 1. The number of hydrogen-bond donors (Lipinski definition) is 0. The zero-order valence-corrected chi connectivity index (χ0v) is 14.7. The molecule has 0 radical (unpaired) electrons. The number of benzene rings is 1. The number of fused-ring (bicyclic) bond motifs is 3. The van der Waals surface area contributed by atoms with Gasteiger partial charge in [-0.1, -0.05) is 0 Å². The van der Waals surface area contributed by atoms with Gasteiger partial charge in [0.15, 0.2) is 0 Å². The lowest BCUT2D eigenvalue weighted by Gasteiger charge is -2.26. The maximum atomic E-state index is 13.6. The van der Waals surface area contributed by atoms with Crippen molar-refractivity contribution in [1.82, 2.24) is 14.3 Å². The second kappa shape index (κ2) is 5.25. The monoisotopic (exact) mass is 361 g/mol. The molecular weight excluding hydrogens is 340 g/mol. The first-order valence-electron chi connectivity index (χ1n) is 9.17. The average Bonchev–Trinajstić information content (AvgIpc) is 3.34. The molecule has 1 aromatic carbocycles. The van der Waals surface area contributed by atoms with Crippen LogP contribution in [-0.2, 0) is 16.7 Å². The first-order valence-corrected chi connectivity index (χ1v) is 9.17. The smallest absolute Gasteiger partial charge is 0.347 e. The number of hydrogen-bond acceptors (Lipinski definition) is 3. The van der Waals surface area contributed by atoms with E-state index in [1.54, 1.807) is 16.4 Å². The third-order valence-corrected chi connectivity index (χ3v) is 6.73. The van der Waals surface area contributed by atoms with Crippen LogP contribution in [0.2, 0.25) is 0 Å². The molecule has 0 spiro atoms. The van der Waals surface area contributed by atoms with Gasteiger partial charge in [0.2, 0.25) is 0 Å². The number of ether oxygens (including phenoxy) is 1. The summed E-state index contributed by atoms with van der Waals surface area (Å²) in [7, 11) is 1.74. The van der Waals surface area contributed by atoms with Gasteiger partial charge in [0.25, 0.3) is 0 Å². The fourth-order valence-corrected chi connectivity index (χ4v) is 5.38. The third kappa shape index (κ3) is 2.09. The van der Waals surface area contributed by atoms with Crippen LogP contribution in [0.15, 0.2) is 23.0 Å². The van der Waals surface area contributed by atoms with E-state index in [9.17, 15) is 13.6 Å². The van der Waals surface area contributed by atoms with E-state index in [1.807, 2.05) is 0 Å². The molecule has 2 heterocycles. The molecule has 3 aliphatic rings. The lowest BCUT2D eigenvalue weighted by Crippen LogP contribution is -2.40. The summed E-state index contributed by atoms with van der Waals surface area (Å²) in [4.78, 5) is 13.2. The van der Waals surface area contributed by atoms with Crippen LogP contribution < -0.4 is 5.69 Å². The molecule has 0 saturated heterocycles. The molecule has 2 bridgehead atoms. The number of nitrogens with zero attached hydrogens (tertiary/aromatic N) is 3. The highest BCUT2D eigenvalue weighted by molar-refractivity contribution is 5.25. The Bertz CT molecular complexity index is 920. The Kier molecular flexibility index (Phi) is 3.27. The minimum Gasteiger partial charge on any atom is -0.378 e. The van der Waals surface area contributed by atoms with Crippen molar-refractivity contribution >= 4 is 0 Å². The highest BCUT2D eigenvalue weighted by atomic mass is 19.1. The standard InChI is InChI=1S/C19H21F2N3O2/c1-26-19-6-4-18(11-19,5-7-19)24-17(25)23-15(2-3-16(23)22-24)12-8-13(20)10-14(21)9-12/h8-10,15H,2-7,11H2,1H3/t15-,18?,19?/m0/s1. The molecule has 1 aliphatic heterocycles. The van der Waals surface area contributed by atoms with Gasteiger partial charge in [0.1, 0.15) is 17.5 Å². The van der Waals surface area contributed by atoms with E-state index in [1.165, 1.54) is 12.1 Å². The van der Waals surface area contributed by atoms with E-state index in [0.29, 0.717) is 24.2 Å². The molecule has 5 rings (SSSR count). The number of aryl methyl sites for hydroxylation is 1. The largest absolute Gasteiger partial charge is 0.378 e. The van der Waals surface area contributed by atoms with Gasteiger partial charge < -0.3 is 4.74 Å². The summed E-state index contributed by atoms with van der Waals surface area (Å²) in [6.07, 6.45) is 5.74. The Morgan fingerprint density at radius 3 is 2.46 bits per heavy atom. The maximum absolute atomic E-state index is 13.6. The van der Waals surface area contributed by atoms with Crippen LogP contribution in [0, 0.1) is 11.6 Å². The van der Waals surface area contributed by atoms with Crippen molar-refractivity contribution in [1.29, 1.82) is 0 Å². The van der Waals surface area contributed by atoms with Gasteiger partial charge in [-0.15, -0.1) is 0 Å². The van der Waals surface area contributed by atoms with Crippen molar-refractivity contribution < 1.29 is 13.5 Å². The minimum atomic E-state index is -0.621. The van der Waals surface area contributed by atoms with Crippen LogP contribution in [0.1, 0.15) is 56.0 Å². The Morgan fingerprint density at radius 2 is 1.85 bits per heavy atom. The Morgan fingerprint density at radius 1 is 1.15 bits per heavy atom. The number of halogens is 2. The Labute approximate surface area is 149 Å². The maximum Gasteiger partial charge on any atom is 0.347 e. The number of rotatable bonds is 3. The molecule has 0 amide bonds. The summed E-state index contributed by atoms with van der Waals surface area (Å²) in [5.74, 6) is -0.534. The zero-order valence-electron chi connectivity index (χ0n) is 14.7. The second-order valence-corrected chi connectivity index (χ2v) is 8.03. The zero-order chi connectivity index (χ0) is 18.1. The summed E-state index contributed by atoms with van der Waals surface area (Å²) >= 11 is 0. The van der Waals surface area contributed by atoms with Gasteiger partial charge in [-0.05, 0) is 49.8 Å². The lowest BCUT2D eigenvalue weighted by atomic mass is 9.93. The van der Waals surface area contributed by atoms with Crippen LogP contribution in [0.5, 0.6) is 0 Å². The second-order valence-electron chi connectivity index (χ2n) is 8.03. The van der Waals surface area contributed by atoms with Crippen molar-refractivity contribution in [3.63, 3.8) is 0 Å². The van der Waals surface area contributed by atoms with Crippen LogP contribution in [0.3, 0.4) is 0 Å². The van der Waals surface area contributed by atoms with Gasteiger partial charge in [-0.2, -0.15) is 5.10 Å². The van der Waals surface area contributed by atoms with E-state index in [4.69, 9.17) is 4.74 Å². The average molecular weight is 361 g/mol. The molecule has 5 nitrogen and oxygen atoms in total. The van der Waals surface area contributed by atoms with Crippen LogP contribution in [0.4, 0.5) is 8.78 Å². The quantitative estimate of drug-likeness (QED) is 0.845. The summed E-state index contributed by atoms with van der Waals surface area (Å²) in [6.45, 7) is 0. The van der Waals surface area contributed by atoms with Gasteiger partial charge in [-0.3, -0.25) is 4.57 Å². The molecule has 26 heavy (non-hydrogen) atoms. The van der Waals surface area contributed by atoms with Crippen LogP contribution in [-0.4, -0.2) is 27.1 Å². The van der Waals surface area contributed by atoms with Crippen LogP contribution >= 0.6 is 0 Å². The number of aromatic nitrogens is 3. The molecule has 138 valence electrons. The van der Waals surface area contributed by atoms with Crippen molar-refractivity contribution in [2.24, 2.45) is 0 Å². The Balaban J connectivity index is 1.57. The minimum absolute atomic E-state index is 0.126. The summed E-state index contributed by atoms with van der Waals surface area (Å²) in [5, 5.41) is 4.65. The summed E-state index contributed by atoms with van der Waals surface area (Å²) in [6, 6.07) is 3.12. The van der Waals surface area contributed by atoms with Crippen molar-refractivity contribution in [3.8, 4) is 0 Å². The molecule has 1 atom stereocenters. The topological polar surface area (TPSA) is 49.0 Å². The molecule has 1 aromatic heterocycles. The Hall–Kier alpha value is -2.02. The molecule has 2 saturated carbocycles. The predicted molar refractivity (Wildman–Crippen MR) is 90.1 cm³/mol. The summed E-state index contributed by atoms with van der Waals surface area (Å²) < 4.78 is 36.3. The van der Waals surface area contributed by atoms with Crippen LogP contribution in [0.25, 0.3) is 0 Å². The van der Waals surface area contributed by atoms with Crippen molar-refractivity contribution in [3.05, 3.63) is 51.7 Å². The van der Waals surface area contributed by atoms with E-state index in [-0.39, 0.29) is 22.9 Å². The first-order chi connectivity index (χ1) is 12.5. The van der Waals surface area contributed by atoms with Gasteiger partial charge in [0.05, 0.1) is 17.2 Å². The fourth-order valence-electron chi connectivity index (χ4n) is 5.38. The van der Waals surface area contributed by atoms with Crippen molar-refractivity contribution in [2.45, 2.75) is 62.1 Å². The molecule has 0 unspecified atom stereocenters. The van der Waals surface area contributed by atoms with E-state index in [2.05, 4.69) is 5.10 Å². The third-order valence-electron chi connectivity index (χ3n) is 6.73. The molecular formula is C19H21F2N3O2. The molecule has 2 aliphatic carbocycles. The first kappa shape index (κ1) is 16.2. The predicted octanol–water partition coefficient (Wildman–Crippen LogP) is 2.92. The molecule has 7 heteroatoms. The normalized spacial score (nSPS) is 32.3.